The molecule has 1 aromatic carbocycles. The van der Waals surface area contributed by atoms with Gasteiger partial charge in [0.1, 0.15) is 0 Å². The molecule has 1 heterocycles. The number of rotatable bonds is 5. The number of hydrogen-bond acceptors (Lipinski definition) is 1. The molecule has 18 heavy (non-hydrogen) atoms. The molecule has 2 rings (SSSR count). The van der Waals surface area contributed by atoms with Gasteiger partial charge in [-0.1, -0.05) is 25.1 Å². The Labute approximate surface area is 110 Å². The van der Waals surface area contributed by atoms with E-state index in [4.69, 9.17) is 0 Å². The molecule has 0 aliphatic heterocycles. The van der Waals surface area contributed by atoms with Crippen LogP contribution in [0.2, 0.25) is 0 Å². The van der Waals surface area contributed by atoms with Crippen molar-refractivity contribution in [3.8, 4) is 0 Å². The van der Waals surface area contributed by atoms with E-state index < -0.39 is 0 Å². The van der Waals surface area contributed by atoms with Crippen LogP contribution in [0.1, 0.15) is 31.5 Å². The first-order valence-electron chi connectivity index (χ1n) is 6.91. The molecular weight excluding hydrogens is 220 g/mol. The van der Waals surface area contributed by atoms with Crippen LogP contribution in [0, 0.1) is 6.92 Å². The van der Waals surface area contributed by atoms with E-state index in [1.165, 1.54) is 28.6 Å². The van der Waals surface area contributed by atoms with Gasteiger partial charge in [0.2, 0.25) is 0 Å². The maximum absolute atomic E-state index is 3.48. The fourth-order valence-corrected chi connectivity index (χ4v) is 2.79. The number of aryl methyl sites for hydroxylation is 2. The van der Waals surface area contributed by atoms with Gasteiger partial charge in [0.25, 0.3) is 0 Å². The van der Waals surface area contributed by atoms with Crippen LogP contribution >= 0.6 is 0 Å². The summed E-state index contributed by atoms with van der Waals surface area (Å²) in [6, 6.07) is 9.27. The van der Waals surface area contributed by atoms with E-state index in [1.807, 2.05) is 0 Å². The highest BCUT2D eigenvalue weighted by molar-refractivity contribution is 5.85. The highest BCUT2D eigenvalue weighted by Gasteiger charge is 2.11. The summed E-state index contributed by atoms with van der Waals surface area (Å²) >= 11 is 0. The third-order valence-corrected chi connectivity index (χ3v) is 3.87. The second-order valence-corrected chi connectivity index (χ2v) is 5.15. The Morgan fingerprint density at radius 2 is 2.00 bits per heavy atom. The van der Waals surface area contributed by atoms with Gasteiger partial charge >= 0.3 is 0 Å². The summed E-state index contributed by atoms with van der Waals surface area (Å²) in [7, 11) is 2.18. The van der Waals surface area contributed by atoms with Crippen molar-refractivity contribution in [2.45, 2.75) is 39.7 Å². The average molecular weight is 244 g/mol. The molecule has 0 spiro atoms. The van der Waals surface area contributed by atoms with Crippen LogP contribution < -0.4 is 5.32 Å². The normalized spacial score (nSPS) is 13.1. The third-order valence-electron chi connectivity index (χ3n) is 3.87. The van der Waals surface area contributed by atoms with Gasteiger partial charge in [-0.3, -0.25) is 0 Å². The summed E-state index contributed by atoms with van der Waals surface area (Å²) in [5.74, 6) is 0. The van der Waals surface area contributed by atoms with Crippen molar-refractivity contribution >= 4 is 10.9 Å². The van der Waals surface area contributed by atoms with Crippen LogP contribution in [-0.2, 0) is 13.5 Å². The molecule has 0 saturated carbocycles. The smallest absolute Gasteiger partial charge is 0.0482 e. The fraction of sp³-hybridized carbons (Fsp3) is 0.500. The van der Waals surface area contributed by atoms with Crippen molar-refractivity contribution in [3.05, 3.63) is 35.5 Å². The topological polar surface area (TPSA) is 17.0 Å². The first-order chi connectivity index (χ1) is 8.65. The molecule has 98 valence electrons. The molecule has 0 aliphatic carbocycles. The minimum atomic E-state index is 0.590. The summed E-state index contributed by atoms with van der Waals surface area (Å²) in [5.41, 5.74) is 4.26. The highest BCUT2D eigenvalue weighted by atomic mass is 15.0. The van der Waals surface area contributed by atoms with E-state index in [9.17, 15) is 0 Å². The van der Waals surface area contributed by atoms with E-state index in [1.54, 1.807) is 0 Å². The van der Waals surface area contributed by atoms with Gasteiger partial charge in [-0.25, -0.2) is 0 Å². The van der Waals surface area contributed by atoms with E-state index in [0.717, 1.165) is 13.0 Å². The maximum atomic E-state index is 3.48. The summed E-state index contributed by atoms with van der Waals surface area (Å²) in [6.07, 6.45) is 2.34. The Morgan fingerprint density at radius 1 is 1.28 bits per heavy atom. The fourth-order valence-electron chi connectivity index (χ4n) is 2.79. The maximum Gasteiger partial charge on any atom is 0.0482 e. The van der Waals surface area contributed by atoms with Gasteiger partial charge in [0.05, 0.1) is 0 Å². The van der Waals surface area contributed by atoms with Crippen LogP contribution in [0.4, 0.5) is 0 Å². The highest BCUT2D eigenvalue weighted by Crippen LogP contribution is 2.25. The summed E-state index contributed by atoms with van der Waals surface area (Å²) in [4.78, 5) is 0. The van der Waals surface area contributed by atoms with Crippen molar-refractivity contribution in [3.63, 3.8) is 0 Å². The predicted molar refractivity (Wildman–Crippen MR) is 79.1 cm³/mol. The van der Waals surface area contributed by atoms with Gasteiger partial charge in [0.15, 0.2) is 0 Å². The molecule has 1 unspecified atom stereocenters. The van der Waals surface area contributed by atoms with Gasteiger partial charge in [-0.2, -0.15) is 0 Å². The van der Waals surface area contributed by atoms with Gasteiger partial charge < -0.3 is 9.88 Å². The zero-order chi connectivity index (χ0) is 13.1. The summed E-state index contributed by atoms with van der Waals surface area (Å²) < 4.78 is 2.35. The average Bonchev–Trinajstić information content (AvgIpc) is 2.61. The van der Waals surface area contributed by atoms with E-state index in [-0.39, 0.29) is 0 Å². The molecule has 0 fully saturated rings. The monoisotopic (exact) mass is 244 g/mol. The van der Waals surface area contributed by atoms with Crippen molar-refractivity contribution in [1.29, 1.82) is 0 Å². The predicted octanol–water partition coefficient (Wildman–Crippen LogP) is 3.42. The largest absolute Gasteiger partial charge is 0.347 e. The van der Waals surface area contributed by atoms with Gasteiger partial charge in [0, 0.05) is 29.7 Å². The second kappa shape index (κ2) is 5.57. The first-order valence-corrected chi connectivity index (χ1v) is 6.91. The Kier molecular flexibility index (Phi) is 4.07. The molecular formula is C16H24N2. The molecule has 0 saturated heterocycles. The number of fused-ring (bicyclic) bond motifs is 1. The van der Waals surface area contributed by atoms with Crippen LogP contribution in [-0.4, -0.2) is 17.2 Å². The molecule has 2 nitrogen and oxygen atoms in total. The second-order valence-electron chi connectivity index (χ2n) is 5.15. The van der Waals surface area contributed by atoms with Crippen LogP contribution in [0.15, 0.2) is 24.3 Å². The summed E-state index contributed by atoms with van der Waals surface area (Å²) in [5, 5.41) is 4.87. The Hall–Kier alpha value is -1.28. The molecule has 0 aliphatic rings. The lowest BCUT2D eigenvalue weighted by Gasteiger charge is -2.13. The molecule has 0 radical (unpaired) electrons. The minimum Gasteiger partial charge on any atom is -0.347 e. The molecule has 2 heteroatoms. The van der Waals surface area contributed by atoms with Crippen molar-refractivity contribution < 1.29 is 0 Å². The molecule has 1 atom stereocenters. The minimum absolute atomic E-state index is 0.590. The van der Waals surface area contributed by atoms with Crippen LogP contribution in [0.5, 0.6) is 0 Å². The zero-order valence-corrected chi connectivity index (χ0v) is 12.0. The zero-order valence-electron chi connectivity index (χ0n) is 12.0. The lowest BCUT2D eigenvalue weighted by molar-refractivity contribution is 0.524. The number of benzene rings is 1. The first kappa shape index (κ1) is 13.2. The number of aromatic nitrogens is 1. The number of para-hydroxylation sites is 1. The molecule has 2 aromatic rings. The number of nitrogens with zero attached hydrogens (tertiary/aromatic N) is 1. The van der Waals surface area contributed by atoms with Gasteiger partial charge in [-0.05, 0) is 44.9 Å². The lowest BCUT2D eigenvalue weighted by atomic mass is 10.1. The number of hydrogen-bond donors (Lipinski definition) is 1. The van der Waals surface area contributed by atoms with Crippen molar-refractivity contribution in [1.82, 2.24) is 9.88 Å². The molecule has 1 N–H and O–H groups in total. The molecule has 1 aromatic heterocycles. The Bertz CT molecular complexity index is 486. The quantitative estimate of drug-likeness (QED) is 0.853. The standard InChI is InChI=1S/C16H24N2/c1-5-17-12(2)10-11-15-13(3)14-8-6-7-9-16(14)18(15)4/h6-9,12,17H,5,10-11H2,1-4H3. The summed E-state index contributed by atoms with van der Waals surface area (Å²) in [6.45, 7) is 7.73. The van der Waals surface area contributed by atoms with E-state index >= 15 is 0 Å². The Balaban J connectivity index is 2.23. The lowest BCUT2D eigenvalue weighted by Crippen LogP contribution is -2.26. The Morgan fingerprint density at radius 3 is 2.67 bits per heavy atom. The SMILES string of the molecule is CCNC(C)CCc1c(C)c2ccccc2n1C. The molecule has 0 bridgehead atoms. The van der Waals surface area contributed by atoms with Gasteiger partial charge in [-0.15, -0.1) is 0 Å². The van der Waals surface area contributed by atoms with E-state index in [2.05, 4.69) is 62.0 Å². The molecule has 0 amide bonds. The number of nitrogens with one attached hydrogen (secondary N) is 1. The van der Waals surface area contributed by atoms with E-state index in [0.29, 0.717) is 6.04 Å². The third kappa shape index (κ3) is 2.44. The van der Waals surface area contributed by atoms with Crippen LogP contribution in [0.3, 0.4) is 0 Å². The van der Waals surface area contributed by atoms with Crippen molar-refractivity contribution in [2.75, 3.05) is 6.54 Å². The van der Waals surface area contributed by atoms with Crippen LogP contribution in [0.25, 0.3) is 10.9 Å². The van der Waals surface area contributed by atoms with Crippen molar-refractivity contribution in [2.24, 2.45) is 7.05 Å².